The number of nitrogens with two attached hydrogens (primary N) is 1. The zero-order valence-corrected chi connectivity index (χ0v) is 14.4. The lowest BCUT2D eigenvalue weighted by molar-refractivity contribution is 0.0948. The van der Waals surface area contributed by atoms with Gasteiger partial charge in [-0.15, -0.1) is 0 Å². The number of benzene rings is 1. The van der Waals surface area contributed by atoms with Crippen LogP contribution in [-0.4, -0.2) is 20.9 Å². The van der Waals surface area contributed by atoms with E-state index in [0.29, 0.717) is 6.54 Å². The standard InChI is InChI=1S/C13H18BrFN2O3S/c1-13(2,3)4-5-17-12(18)8-6-11(21(16,19)20)10(15)7-9(8)14/h6-7H,4-5H2,1-3H3,(H,17,18)(H2,16,19,20). The second-order valence-corrected chi connectivity index (χ2v) is 8.26. The van der Waals surface area contributed by atoms with E-state index in [1.54, 1.807) is 0 Å². The van der Waals surface area contributed by atoms with Gasteiger partial charge in [-0.05, 0) is 39.9 Å². The van der Waals surface area contributed by atoms with E-state index in [9.17, 15) is 17.6 Å². The maximum absolute atomic E-state index is 13.6. The zero-order chi connectivity index (χ0) is 16.4. The second kappa shape index (κ2) is 6.41. The van der Waals surface area contributed by atoms with E-state index in [-0.39, 0.29) is 15.5 Å². The van der Waals surface area contributed by atoms with Crippen LogP contribution < -0.4 is 10.5 Å². The van der Waals surface area contributed by atoms with Crippen molar-refractivity contribution in [1.29, 1.82) is 0 Å². The van der Waals surface area contributed by atoms with Crippen molar-refractivity contribution in [1.82, 2.24) is 5.32 Å². The number of hydrogen-bond donors (Lipinski definition) is 2. The Morgan fingerprint density at radius 1 is 1.38 bits per heavy atom. The Hall–Kier alpha value is -0.990. The van der Waals surface area contributed by atoms with Crippen molar-refractivity contribution in [2.75, 3.05) is 6.54 Å². The summed E-state index contributed by atoms with van der Waals surface area (Å²) in [6.07, 6.45) is 0.750. The molecule has 8 heteroatoms. The summed E-state index contributed by atoms with van der Waals surface area (Å²) in [4.78, 5) is 11.3. The number of primary sulfonamides is 1. The van der Waals surface area contributed by atoms with Crippen molar-refractivity contribution in [2.24, 2.45) is 10.6 Å². The molecule has 0 saturated carbocycles. The largest absolute Gasteiger partial charge is 0.352 e. The summed E-state index contributed by atoms with van der Waals surface area (Å²) in [5.74, 6) is -1.49. The Balaban J connectivity index is 3.00. The molecule has 0 radical (unpaired) electrons. The average Bonchev–Trinajstić information content (AvgIpc) is 2.24. The molecule has 0 aliphatic carbocycles. The Morgan fingerprint density at radius 2 is 1.95 bits per heavy atom. The molecule has 0 bridgehead atoms. The minimum atomic E-state index is -4.23. The van der Waals surface area contributed by atoms with E-state index in [1.807, 2.05) is 20.8 Å². The number of sulfonamides is 1. The molecule has 5 nitrogen and oxygen atoms in total. The Bertz CT molecular complexity index is 654. The molecule has 1 amide bonds. The van der Waals surface area contributed by atoms with E-state index in [1.165, 1.54) is 0 Å². The first-order valence-electron chi connectivity index (χ1n) is 6.22. The Kier molecular flexibility index (Phi) is 5.51. The normalized spacial score (nSPS) is 12.3. The lowest BCUT2D eigenvalue weighted by Crippen LogP contribution is -2.28. The van der Waals surface area contributed by atoms with Crippen LogP contribution in [0.3, 0.4) is 0 Å². The first-order valence-corrected chi connectivity index (χ1v) is 8.56. The quantitative estimate of drug-likeness (QED) is 0.840. The lowest BCUT2D eigenvalue weighted by atomic mass is 9.92. The predicted molar refractivity (Wildman–Crippen MR) is 81.9 cm³/mol. The number of rotatable bonds is 4. The van der Waals surface area contributed by atoms with Gasteiger partial charge < -0.3 is 5.32 Å². The molecule has 0 unspecified atom stereocenters. The fraction of sp³-hybridized carbons (Fsp3) is 0.462. The van der Waals surface area contributed by atoms with Crippen molar-refractivity contribution in [3.8, 4) is 0 Å². The van der Waals surface area contributed by atoms with Crippen molar-refractivity contribution >= 4 is 31.9 Å². The monoisotopic (exact) mass is 380 g/mol. The molecule has 0 fully saturated rings. The van der Waals surface area contributed by atoms with Crippen LogP contribution in [0.15, 0.2) is 21.5 Å². The molecule has 0 aliphatic rings. The van der Waals surface area contributed by atoms with Crippen LogP contribution in [-0.2, 0) is 10.0 Å². The minimum Gasteiger partial charge on any atom is -0.352 e. The minimum absolute atomic E-state index is 0.0225. The van der Waals surface area contributed by atoms with Gasteiger partial charge in [0.2, 0.25) is 10.0 Å². The van der Waals surface area contributed by atoms with E-state index in [2.05, 4.69) is 21.2 Å². The predicted octanol–water partition coefficient (Wildman–Crippen LogP) is 2.40. The number of halogens is 2. The van der Waals surface area contributed by atoms with E-state index in [4.69, 9.17) is 5.14 Å². The Labute approximate surface area is 132 Å². The topological polar surface area (TPSA) is 89.3 Å². The maximum atomic E-state index is 13.6. The molecule has 3 N–H and O–H groups in total. The number of carbonyl (C=O) groups is 1. The third-order valence-corrected chi connectivity index (χ3v) is 4.32. The lowest BCUT2D eigenvalue weighted by Gasteiger charge is -2.18. The van der Waals surface area contributed by atoms with Gasteiger partial charge in [-0.25, -0.2) is 17.9 Å². The van der Waals surface area contributed by atoms with Gasteiger partial charge in [0.05, 0.1) is 5.56 Å². The molecule has 0 spiro atoms. The van der Waals surface area contributed by atoms with Gasteiger partial charge in [0.25, 0.3) is 5.91 Å². The van der Waals surface area contributed by atoms with Gasteiger partial charge in [0.15, 0.2) is 0 Å². The third-order valence-electron chi connectivity index (χ3n) is 2.73. The highest BCUT2D eigenvalue weighted by Gasteiger charge is 2.21. The molecule has 0 aromatic heterocycles. The summed E-state index contributed by atoms with van der Waals surface area (Å²) < 4.78 is 36.3. The van der Waals surface area contributed by atoms with E-state index >= 15 is 0 Å². The summed E-state index contributed by atoms with van der Waals surface area (Å²) in [6.45, 7) is 6.53. The fourth-order valence-corrected chi connectivity index (χ4v) is 2.68. The van der Waals surface area contributed by atoms with Crippen LogP contribution in [0.5, 0.6) is 0 Å². The SMILES string of the molecule is CC(C)(C)CCNC(=O)c1cc(S(N)(=O)=O)c(F)cc1Br. The van der Waals surface area contributed by atoms with Crippen molar-refractivity contribution < 1.29 is 17.6 Å². The molecule has 0 aliphatic heterocycles. The van der Waals surface area contributed by atoms with E-state index < -0.39 is 26.6 Å². The smallest absolute Gasteiger partial charge is 0.252 e. The molecule has 0 heterocycles. The highest BCUT2D eigenvalue weighted by molar-refractivity contribution is 9.10. The highest BCUT2D eigenvalue weighted by atomic mass is 79.9. The van der Waals surface area contributed by atoms with Crippen LogP contribution in [0.4, 0.5) is 4.39 Å². The average molecular weight is 381 g/mol. The van der Waals surface area contributed by atoms with Crippen LogP contribution in [0.25, 0.3) is 0 Å². The summed E-state index contributed by atoms with van der Waals surface area (Å²) in [7, 11) is -4.23. The van der Waals surface area contributed by atoms with Crippen LogP contribution in [0.1, 0.15) is 37.6 Å². The van der Waals surface area contributed by atoms with Gasteiger partial charge in [-0.2, -0.15) is 0 Å². The molecule has 0 atom stereocenters. The number of hydrogen-bond acceptors (Lipinski definition) is 3. The maximum Gasteiger partial charge on any atom is 0.252 e. The van der Waals surface area contributed by atoms with Crippen LogP contribution in [0.2, 0.25) is 0 Å². The van der Waals surface area contributed by atoms with Gasteiger partial charge in [-0.3, -0.25) is 4.79 Å². The number of amides is 1. The zero-order valence-electron chi connectivity index (χ0n) is 12.0. The summed E-state index contributed by atoms with van der Waals surface area (Å²) in [6, 6.07) is 1.85. The highest BCUT2D eigenvalue weighted by Crippen LogP contribution is 2.24. The molecular weight excluding hydrogens is 363 g/mol. The molecule has 1 rings (SSSR count). The molecular formula is C13H18BrFN2O3S. The fourth-order valence-electron chi connectivity index (χ4n) is 1.57. The summed E-state index contributed by atoms with van der Waals surface area (Å²) in [5.41, 5.74) is 0.0772. The van der Waals surface area contributed by atoms with Crippen molar-refractivity contribution in [3.63, 3.8) is 0 Å². The number of carbonyl (C=O) groups excluding carboxylic acids is 1. The summed E-state index contributed by atoms with van der Waals surface area (Å²) in [5, 5.41) is 7.59. The van der Waals surface area contributed by atoms with Crippen molar-refractivity contribution in [3.05, 3.63) is 28.0 Å². The molecule has 21 heavy (non-hydrogen) atoms. The van der Waals surface area contributed by atoms with Gasteiger partial charge >= 0.3 is 0 Å². The summed E-state index contributed by atoms with van der Waals surface area (Å²) >= 11 is 3.04. The van der Waals surface area contributed by atoms with Crippen LogP contribution in [0, 0.1) is 11.2 Å². The van der Waals surface area contributed by atoms with Gasteiger partial charge in [-0.1, -0.05) is 20.8 Å². The van der Waals surface area contributed by atoms with Crippen molar-refractivity contribution in [2.45, 2.75) is 32.1 Å². The van der Waals surface area contributed by atoms with Crippen LogP contribution >= 0.6 is 15.9 Å². The first kappa shape index (κ1) is 18.1. The molecule has 1 aromatic rings. The van der Waals surface area contributed by atoms with E-state index in [0.717, 1.165) is 18.6 Å². The molecule has 1 aromatic carbocycles. The Morgan fingerprint density at radius 3 is 2.43 bits per heavy atom. The third kappa shape index (κ3) is 5.37. The molecule has 0 saturated heterocycles. The molecule has 118 valence electrons. The first-order chi connectivity index (χ1) is 9.42. The van der Waals surface area contributed by atoms with Gasteiger partial charge in [0, 0.05) is 11.0 Å². The number of nitrogens with one attached hydrogen (secondary N) is 1. The van der Waals surface area contributed by atoms with Gasteiger partial charge in [0.1, 0.15) is 10.7 Å². The second-order valence-electron chi connectivity index (χ2n) is 5.87.